The molecule has 4 nitrogen and oxygen atoms in total. The molecule has 1 amide bonds. The van der Waals surface area contributed by atoms with Gasteiger partial charge >= 0.3 is 0 Å². The van der Waals surface area contributed by atoms with Crippen LogP contribution in [0.1, 0.15) is 5.56 Å². The molecule has 4 heteroatoms. The number of benzene rings is 1. The molecule has 0 spiro atoms. The van der Waals surface area contributed by atoms with Crippen LogP contribution in [0, 0.1) is 11.3 Å². The maximum absolute atomic E-state index is 11.5. The summed E-state index contributed by atoms with van der Waals surface area (Å²) in [6, 6.07) is 13.4. The van der Waals surface area contributed by atoms with Crippen LogP contribution in [0.25, 0.3) is 17.2 Å². The van der Waals surface area contributed by atoms with E-state index >= 15 is 0 Å². The highest BCUT2D eigenvalue weighted by atomic mass is 16.1. The van der Waals surface area contributed by atoms with Crippen molar-refractivity contribution in [3.8, 4) is 17.2 Å². The lowest BCUT2D eigenvalue weighted by molar-refractivity contribution is -0.116. The summed E-state index contributed by atoms with van der Waals surface area (Å²) >= 11 is 0. The van der Waals surface area contributed by atoms with Gasteiger partial charge in [-0.05, 0) is 41.0 Å². The van der Waals surface area contributed by atoms with E-state index in [9.17, 15) is 4.79 Å². The third kappa shape index (κ3) is 3.09. The Morgan fingerprint density at radius 2 is 2.00 bits per heavy atom. The molecule has 0 atom stereocenters. The Bertz CT molecular complexity index is 684. The largest absolute Gasteiger partial charge is 0.354 e. The SMILES string of the molecule is CNC(=O)C(C#N)=Cc1cccc(-c2ccncc2)c1. The summed E-state index contributed by atoms with van der Waals surface area (Å²) in [5, 5.41) is 11.4. The van der Waals surface area contributed by atoms with Crippen molar-refractivity contribution >= 4 is 12.0 Å². The zero-order valence-electron chi connectivity index (χ0n) is 11.0. The average Bonchev–Trinajstić information content (AvgIpc) is 2.53. The van der Waals surface area contributed by atoms with E-state index in [1.54, 1.807) is 18.5 Å². The van der Waals surface area contributed by atoms with E-state index in [0.29, 0.717) is 0 Å². The number of carbonyl (C=O) groups excluding carboxylic acids is 1. The number of hydrogen-bond donors (Lipinski definition) is 1. The summed E-state index contributed by atoms with van der Waals surface area (Å²) in [5.41, 5.74) is 2.93. The first-order chi connectivity index (χ1) is 9.74. The van der Waals surface area contributed by atoms with Gasteiger partial charge < -0.3 is 5.32 Å². The Morgan fingerprint density at radius 3 is 2.65 bits per heavy atom. The van der Waals surface area contributed by atoms with E-state index in [1.165, 1.54) is 7.05 Å². The minimum atomic E-state index is -0.387. The molecule has 2 rings (SSSR count). The van der Waals surface area contributed by atoms with Gasteiger partial charge in [-0.1, -0.05) is 18.2 Å². The number of rotatable bonds is 3. The van der Waals surface area contributed by atoms with Gasteiger partial charge in [0, 0.05) is 19.4 Å². The van der Waals surface area contributed by atoms with Gasteiger partial charge in [0.05, 0.1) is 0 Å². The fourth-order valence-electron chi connectivity index (χ4n) is 1.80. The molecule has 0 saturated carbocycles. The predicted molar refractivity (Wildman–Crippen MR) is 77.3 cm³/mol. The molecule has 1 N–H and O–H groups in total. The van der Waals surface area contributed by atoms with Crippen LogP contribution in [-0.4, -0.2) is 17.9 Å². The number of nitrogens with zero attached hydrogens (tertiary/aromatic N) is 2. The Morgan fingerprint density at radius 1 is 1.25 bits per heavy atom. The van der Waals surface area contributed by atoms with Crippen molar-refractivity contribution < 1.29 is 4.79 Å². The van der Waals surface area contributed by atoms with Crippen molar-refractivity contribution in [3.63, 3.8) is 0 Å². The zero-order valence-corrected chi connectivity index (χ0v) is 11.0. The number of amides is 1. The number of likely N-dealkylation sites (N-methyl/N-ethyl adjacent to an activating group) is 1. The molecule has 0 aliphatic carbocycles. The first kappa shape index (κ1) is 13.5. The van der Waals surface area contributed by atoms with Crippen LogP contribution in [0.4, 0.5) is 0 Å². The molecule has 0 fully saturated rings. The maximum Gasteiger partial charge on any atom is 0.261 e. The first-order valence-electron chi connectivity index (χ1n) is 6.09. The lowest BCUT2D eigenvalue weighted by Crippen LogP contribution is -2.19. The number of hydrogen-bond acceptors (Lipinski definition) is 3. The van der Waals surface area contributed by atoms with Crippen LogP contribution in [0.2, 0.25) is 0 Å². The van der Waals surface area contributed by atoms with Crippen LogP contribution < -0.4 is 5.32 Å². The van der Waals surface area contributed by atoms with Gasteiger partial charge in [0.1, 0.15) is 11.6 Å². The van der Waals surface area contributed by atoms with Gasteiger partial charge in [-0.15, -0.1) is 0 Å². The van der Waals surface area contributed by atoms with Crippen LogP contribution in [0.15, 0.2) is 54.4 Å². The van der Waals surface area contributed by atoms with E-state index in [4.69, 9.17) is 5.26 Å². The van der Waals surface area contributed by atoms with Crippen molar-refractivity contribution in [2.75, 3.05) is 7.05 Å². The van der Waals surface area contributed by atoms with Gasteiger partial charge in [0.2, 0.25) is 0 Å². The van der Waals surface area contributed by atoms with Gasteiger partial charge in [-0.2, -0.15) is 5.26 Å². The highest BCUT2D eigenvalue weighted by Crippen LogP contribution is 2.20. The van der Waals surface area contributed by atoms with E-state index < -0.39 is 0 Å². The van der Waals surface area contributed by atoms with Gasteiger partial charge in [0.25, 0.3) is 5.91 Å². The van der Waals surface area contributed by atoms with E-state index in [0.717, 1.165) is 16.7 Å². The summed E-state index contributed by atoms with van der Waals surface area (Å²) in [6.45, 7) is 0. The maximum atomic E-state index is 11.5. The lowest BCUT2D eigenvalue weighted by atomic mass is 10.0. The normalized spacial score (nSPS) is 10.7. The first-order valence-corrected chi connectivity index (χ1v) is 6.09. The Hall–Kier alpha value is -2.93. The van der Waals surface area contributed by atoms with E-state index in [1.807, 2.05) is 42.5 Å². The molecule has 0 radical (unpaired) electrons. The molecule has 2 aromatic rings. The number of nitriles is 1. The lowest BCUT2D eigenvalue weighted by Gasteiger charge is -2.03. The predicted octanol–water partition coefficient (Wildman–Crippen LogP) is 2.40. The molecule has 0 bridgehead atoms. The topological polar surface area (TPSA) is 65.8 Å². The van der Waals surface area contributed by atoms with Gasteiger partial charge in [0.15, 0.2) is 0 Å². The molecule has 1 aromatic carbocycles. The van der Waals surface area contributed by atoms with E-state index in [2.05, 4.69) is 10.3 Å². The Labute approximate surface area is 117 Å². The summed E-state index contributed by atoms with van der Waals surface area (Å²) in [6.07, 6.45) is 5.02. The fourth-order valence-corrected chi connectivity index (χ4v) is 1.80. The second kappa shape index (κ2) is 6.30. The number of aromatic nitrogens is 1. The molecule has 1 heterocycles. The molecule has 0 saturated heterocycles. The summed E-state index contributed by atoms with van der Waals surface area (Å²) < 4.78 is 0. The highest BCUT2D eigenvalue weighted by molar-refractivity contribution is 6.01. The quantitative estimate of drug-likeness (QED) is 0.683. The van der Waals surface area contributed by atoms with Crippen LogP contribution >= 0.6 is 0 Å². The fraction of sp³-hybridized carbons (Fsp3) is 0.0625. The van der Waals surface area contributed by atoms with Crippen LogP contribution in [-0.2, 0) is 4.79 Å². The van der Waals surface area contributed by atoms with Crippen molar-refractivity contribution in [1.82, 2.24) is 10.3 Å². The zero-order chi connectivity index (χ0) is 14.4. The molecular formula is C16H13N3O. The Kier molecular flexibility index (Phi) is 4.25. The van der Waals surface area contributed by atoms with Crippen molar-refractivity contribution in [1.29, 1.82) is 5.26 Å². The van der Waals surface area contributed by atoms with E-state index in [-0.39, 0.29) is 11.5 Å². The summed E-state index contributed by atoms with van der Waals surface area (Å²) in [5.74, 6) is -0.387. The number of pyridine rings is 1. The van der Waals surface area contributed by atoms with Gasteiger partial charge in [-0.25, -0.2) is 0 Å². The number of carbonyl (C=O) groups is 1. The highest BCUT2D eigenvalue weighted by Gasteiger charge is 2.06. The van der Waals surface area contributed by atoms with Crippen molar-refractivity contribution in [3.05, 3.63) is 59.9 Å². The third-order valence-electron chi connectivity index (χ3n) is 2.80. The van der Waals surface area contributed by atoms with Crippen LogP contribution in [0.3, 0.4) is 0 Å². The molecule has 0 unspecified atom stereocenters. The molecule has 98 valence electrons. The smallest absolute Gasteiger partial charge is 0.261 e. The number of nitrogens with one attached hydrogen (secondary N) is 1. The molecular weight excluding hydrogens is 250 g/mol. The van der Waals surface area contributed by atoms with Gasteiger partial charge in [-0.3, -0.25) is 9.78 Å². The van der Waals surface area contributed by atoms with Crippen molar-refractivity contribution in [2.24, 2.45) is 0 Å². The summed E-state index contributed by atoms with van der Waals surface area (Å²) in [7, 11) is 1.50. The summed E-state index contributed by atoms with van der Waals surface area (Å²) in [4.78, 5) is 15.5. The molecule has 1 aromatic heterocycles. The standard InChI is InChI=1S/C16H13N3O/c1-18-16(20)15(11-17)10-12-3-2-4-14(9-12)13-5-7-19-8-6-13/h2-10H,1H3,(H,18,20). The van der Waals surface area contributed by atoms with Crippen LogP contribution in [0.5, 0.6) is 0 Å². The monoisotopic (exact) mass is 263 g/mol. The molecule has 20 heavy (non-hydrogen) atoms. The Balaban J connectivity index is 2.38. The molecule has 0 aliphatic rings. The molecule has 0 aliphatic heterocycles. The third-order valence-corrected chi connectivity index (χ3v) is 2.80. The van der Waals surface area contributed by atoms with Crippen molar-refractivity contribution in [2.45, 2.75) is 0 Å². The minimum absolute atomic E-state index is 0.0828. The minimum Gasteiger partial charge on any atom is -0.354 e. The second-order valence-corrected chi connectivity index (χ2v) is 4.11. The second-order valence-electron chi connectivity index (χ2n) is 4.11. The average molecular weight is 263 g/mol.